The molecule has 1 fully saturated rings. The molecule has 17 heavy (non-hydrogen) atoms. The molecule has 1 aromatic heterocycles. The van der Waals surface area contributed by atoms with Crippen LogP contribution in [0.25, 0.3) is 0 Å². The van der Waals surface area contributed by atoms with Crippen LogP contribution in [0, 0.1) is 6.92 Å². The molecule has 1 aliphatic heterocycles. The molecular formula is C13H19N3O. The van der Waals surface area contributed by atoms with Gasteiger partial charge in [-0.1, -0.05) is 0 Å². The number of carbonyl (C=O) groups excluding carboxylic acids is 1. The van der Waals surface area contributed by atoms with Crippen LogP contribution in [0.1, 0.15) is 42.2 Å². The van der Waals surface area contributed by atoms with Gasteiger partial charge in [-0.2, -0.15) is 0 Å². The van der Waals surface area contributed by atoms with Crippen molar-refractivity contribution in [2.24, 2.45) is 0 Å². The number of nitrogen functional groups attached to an aromatic ring is 1. The maximum atomic E-state index is 12.3. The molecule has 1 saturated heterocycles. The van der Waals surface area contributed by atoms with Crippen molar-refractivity contribution in [3.63, 3.8) is 0 Å². The largest absolute Gasteiger partial charge is 0.398 e. The predicted molar refractivity (Wildman–Crippen MR) is 67.7 cm³/mol. The zero-order chi connectivity index (χ0) is 12.4. The third-order valence-corrected chi connectivity index (χ3v) is 3.37. The Kier molecular flexibility index (Phi) is 3.31. The van der Waals surface area contributed by atoms with Crippen LogP contribution in [0.2, 0.25) is 0 Å². The van der Waals surface area contributed by atoms with Crippen molar-refractivity contribution < 1.29 is 4.79 Å². The van der Waals surface area contributed by atoms with Crippen molar-refractivity contribution >= 4 is 11.6 Å². The summed E-state index contributed by atoms with van der Waals surface area (Å²) in [5, 5.41) is 0. The van der Waals surface area contributed by atoms with Gasteiger partial charge in [-0.05, 0) is 39.2 Å². The van der Waals surface area contributed by atoms with Crippen LogP contribution < -0.4 is 5.73 Å². The Balaban J connectivity index is 2.24. The first-order valence-electron chi connectivity index (χ1n) is 6.12. The van der Waals surface area contributed by atoms with Crippen molar-refractivity contribution in [2.45, 2.75) is 39.2 Å². The highest BCUT2D eigenvalue weighted by atomic mass is 16.2. The number of piperidine rings is 1. The number of carbonyl (C=O) groups is 1. The third-order valence-electron chi connectivity index (χ3n) is 3.37. The number of hydrogen-bond donors (Lipinski definition) is 1. The van der Waals surface area contributed by atoms with Gasteiger partial charge in [0.2, 0.25) is 0 Å². The average molecular weight is 233 g/mol. The van der Waals surface area contributed by atoms with Crippen LogP contribution in [0.15, 0.2) is 12.3 Å². The van der Waals surface area contributed by atoms with Gasteiger partial charge in [0.15, 0.2) is 0 Å². The van der Waals surface area contributed by atoms with E-state index in [1.165, 1.54) is 6.42 Å². The molecule has 0 bridgehead atoms. The van der Waals surface area contributed by atoms with Crippen molar-refractivity contribution in [2.75, 3.05) is 12.3 Å². The molecule has 1 amide bonds. The van der Waals surface area contributed by atoms with E-state index in [0.717, 1.165) is 25.1 Å². The molecule has 0 radical (unpaired) electrons. The summed E-state index contributed by atoms with van der Waals surface area (Å²) in [5.41, 5.74) is 7.79. The lowest BCUT2D eigenvalue weighted by molar-refractivity contribution is 0.0636. The lowest BCUT2D eigenvalue weighted by Gasteiger charge is -2.33. The molecule has 1 atom stereocenters. The normalized spacial score (nSPS) is 20.4. The summed E-state index contributed by atoms with van der Waals surface area (Å²) in [6, 6.07) is 2.05. The quantitative estimate of drug-likeness (QED) is 0.807. The molecule has 0 aromatic carbocycles. The van der Waals surface area contributed by atoms with Crippen LogP contribution in [0.3, 0.4) is 0 Å². The van der Waals surface area contributed by atoms with E-state index in [1.54, 1.807) is 12.3 Å². The predicted octanol–water partition coefficient (Wildman–Crippen LogP) is 1.99. The van der Waals surface area contributed by atoms with Gasteiger partial charge in [0.1, 0.15) is 0 Å². The molecule has 1 aromatic rings. The molecule has 2 N–H and O–H groups in total. The fourth-order valence-corrected chi connectivity index (χ4v) is 2.31. The first kappa shape index (κ1) is 11.9. The number of nitrogens with two attached hydrogens (primary N) is 1. The van der Waals surface area contributed by atoms with Gasteiger partial charge in [0.25, 0.3) is 5.91 Å². The smallest absolute Gasteiger partial charge is 0.257 e. The standard InChI is InChI=1S/C13H19N3O/c1-9-7-12(14)11(8-15-9)13(17)16-6-4-3-5-10(16)2/h7-8,10H,3-6H2,1-2H3,(H2,14,15). The van der Waals surface area contributed by atoms with E-state index in [0.29, 0.717) is 17.3 Å². The molecule has 0 spiro atoms. The van der Waals surface area contributed by atoms with Gasteiger partial charge < -0.3 is 10.6 Å². The zero-order valence-corrected chi connectivity index (χ0v) is 10.4. The van der Waals surface area contributed by atoms with Gasteiger partial charge >= 0.3 is 0 Å². The van der Waals surface area contributed by atoms with Crippen molar-refractivity contribution in [1.29, 1.82) is 0 Å². The molecule has 2 rings (SSSR count). The summed E-state index contributed by atoms with van der Waals surface area (Å²) in [7, 11) is 0. The minimum absolute atomic E-state index is 0.0159. The van der Waals surface area contributed by atoms with Gasteiger partial charge in [-0.25, -0.2) is 0 Å². The van der Waals surface area contributed by atoms with E-state index in [4.69, 9.17) is 5.73 Å². The first-order chi connectivity index (χ1) is 8.09. The van der Waals surface area contributed by atoms with Crippen LogP contribution in [0.4, 0.5) is 5.69 Å². The summed E-state index contributed by atoms with van der Waals surface area (Å²) in [6.45, 7) is 4.79. The van der Waals surface area contributed by atoms with Crippen LogP contribution in [0.5, 0.6) is 0 Å². The Morgan fingerprint density at radius 2 is 2.29 bits per heavy atom. The Morgan fingerprint density at radius 3 is 2.94 bits per heavy atom. The SMILES string of the molecule is Cc1cc(N)c(C(=O)N2CCCCC2C)cn1. The van der Waals surface area contributed by atoms with E-state index in [2.05, 4.69) is 11.9 Å². The van der Waals surface area contributed by atoms with Crippen LogP contribution in [-0.4, -0.2) is 28.4 Å². The Bertz CT molecular complexity index is 431. The van der Waals surface area contributed by atoms with Gasteiger partial charge in [-0.15, -0.1) is 0 Å². The molecule has 92 valence electrons. The van der Waals surface area contributed by atoms with Crippen molar-refractivity contribution in [3.05, 3.63) is 23.5 Å². The van der Waals surface area contributed by atoms with E-state index in [1.807, 2.05) is 11.8 Å². The number of anilines is 1. The number of aromatic nitrogens is 1. The topological polar surface area (TPSA) is 59.2 Å². The fourth-order valence-electron chi connectivity index (χ4n) is 2.31. The average Bonchev–Trinajstić information content (AvgIpc) is 2.29. The first-order valence-corrected chi connectivity index (χ1v) is 6.12. The van der Waals surface area contributed by atoms with E-state index >= 15 is 0 Å². The van der Waals surface area contributed by atoms with E-state index in [-0.39, 0.29) is 5.91 Å². The minimum atomic E-state index is 0.0159. The molecule has 4 heteroatoms. The molecule has 2 heterocycles. The van der Waals surface area contributed by atoms with E-state index < -0.39 is 0 Å². The molecule has 4 nitrogen and oxygen atoms in total. The lowest BCUT2D eigenvalue weighted by Crippen LogP contribution is -2.42. The van der Waals surface area contributed by atoms with Gasteiger partial charge in [0.05, 0.1) is 5.56 Å². The second-order valence-corrected chi connectivity index (χ2v) is 4.76. The Labute approximate surface area is 102 Å². The van der Waals surface area contributed by atoms with Crippen LogP contribution >= 0.6 is 0 Å². The highest BCUT2D eigenvalue weighted by molar-refractivity contribution is 5.99. The summed E-state index contributed by atoms with van der Waals surface area (Å²) in [5.74, 6) is 0.0159. The Hall–Kier alpha value is -1.58. The second-order valence-electron chi connectivity index (χ2n) is 4.76. The van der Waals surface area contributed by atoms with Crippen LogP contribution in [-0.2, 0) is 0 Å². The Morgan fingerprint density at radius 1 is 1.53 bits per heavy atom. The monoisotopic (exact) mass is 233 g/mol. The lowest BCUT2D eigenvalue weighted by atomic mass is 10.0. The van der Waals surface area contributed by atoms with E-state index in [9.17, 15) is 4.79 Å². The molecule has 1 unspecified atom stereocenters. The molecular weight excluding hydrogens is 214 g/mol. The zero-order valence-electron chi connectivity index (χ0n) is 10.4. The minimum Gasteiger partial charge on any atom is -0.398 e. The summed E-state index contributed by atoms with van der Waals surface area (Å²) in [6.07, 6.45) is 4.95. The van der Waals surface area contributed by atoms with Crippen molar-refractivity contribution in [1.82, 2.24) is 9.88 Å². The number of aryl methyl sites for hydroxylation is 1. The summed E-state index contributed by atoms with van der Waals surface area (Å²) >= 11 is 0. The molecule has 0 saturated carbocycles. The number of rotatable bonds is 1. The maximum absolute atomic E-state index is 12.3. The summed E-state index contributed by atoms with van der Waals surface area (Å²) in [4.78, 5) is 18.4. The number of likely N-dealkylation sites (tertiary alicyclic amines) is 1. The molecule has 1 aliphatic rings. The maximum Gasteiger partial charge on any atom is 0.257 e. The second kappa shape index (κ2) is 4.73. The highest BCUT2D eigenvalue weighted by Crippen LogP contribution is 2.21. The third kappa shape index (κ3) is 2.40. The highest BCUT2D eigenvalue weighted by Gasteiger charge is 2.25. The summed E-state index contributed by atoms with van der Waals surface area (Å²) < 4.78 is 0. The number of nitrogens with zero attached hydrogens (tertiary/aromatic N) is 2. The van der Waals surface area contributed by atoms with Gasteiger partial charge in [-0.3, -0.25) is 9.78 Å². The number of pyridine rings is 1. The fraction of sp³-hybridized carbons (Fsp3) is 0.538. The molecule has 0 aliphatic carbocycles. The number of amides is 1. The van der Waals surface area contributed by atoms with Gasteiger partial charge in [0, 0.05) is 30.2 Å². The number of hydrogen-bond acceptors (Lipinski definition) is 3. The van der Waals surface area contributed by atoms with Crippen molar-refractivity contribution in [3.8, 4) is 0 Å².